The second-order valence-corrected chi connectivity index (χ2v) is 3.33. The molecule has 0 aliphatic heterocycles. The molecular weight excluding hydrogens is 126 g/mol. The summed E-state index contributed by atoms with van der Waals surface area (Å²) in [5, 5.41) is 9.11. The van der Waals surface area contributed by atoms with Gasteiger partial charge in [0.05, 0.1) is 0 Å². The van der Waals surface area contributed by atoms with Gasteiger partial charge in [-0.2, -0.15) is 0 Å². The van der Waals surface area contributed by atoms with Crippen molar-refractivity contribution in [2.24, 2.45) is 11.8 Å². The van der Waals surface area contributed by atoms with E-state index in [-0.39, 0.29) is 12.1 Å². The molecule has 1 rings (SSSR count). The molecule has 0 aromatic rings. The summed E-state index contributed by atoms with van der Waals surface area (Å²) in [5.41, 5.74) is 0. The molecule has 1 N–H and O–H groups in total. The van der Waals surface area contributed by atoms with Crippen molar-refractivity contribution in [2.75, 3.05) is 0 Å². The Morgan fingerprint density at radius 1 is 1.60 bits per heavy atom. The average molecular weight is 139 g/mol. The van der Waals surface area contributed by atoms with E-state index in [1.54, 1.807) is 0 Å². The van der Waals surface area contributed by atoms with Crippen LogP contribution in [0.5, 0.6) is 0 Å². The normalized spacial score (nSPS) is 38.9. The summed E-state index contributed by atoms with van der Waals surface area (Å²) in [5.74, 6) is 0.981. The molecule has 0 saturated heterocycles. The Labute approximate surface area is 61.7 Å². The van der Waals surface area contributed by atoms with Crippen molar-refractivity contribution < 1.29 is 5.11 Å². The van der Waals surface area contributed by atoms with Crippen molar-refractivity contribution in [2.45, 2.75) is 32.4 Å². The molecule has 0 radical (unpaired) electrons. The largest absolute Gasteiger partial charge is 0.385 e. The third-order valence-corrected chi connectivity index (χ3v) is 2.35. The minimum atomic E-state index is -0.343. The highest BCUT2D eigenvalue weighted by Crippen LogP contribution is 2.36. The average Bonchev–Trinajstić information content (AvgIpc) is 1.83. The van der Waals surface area contributed by atoms with Gasteiger partial charge in [-0.15, -0.1) is 0 Å². The summed E-state index contributed by atoms with van der Waals surface area (Å²) in [6, 6.07) is -0.111. The van der Waals surface area contributed by atoms with Crippen LogP contribution in [0.25, 0.3) is 4.85 Å². The van der Waals surface area contributed by atoms with Crippen molar-refractivity contribution in [1.29, 1.82) is 0 Å². The summed E-state index contributed by atoms with van der Waals surface area (Å²) >= 11 is 0. The van der Waals surface area contributed by atoms with Crippen LogP contribution in [0.15, 0.2) is 0 Å². The van der Waals surface area contributed by atoms with Gasteiger partial charge in [0.25, 0.3) is 6.04 Å². The van der Waals surface area contributed by atoms with Crippen molar-refractivity contribution in [3.05, 3.63) is 11.4 Å². The highest BCUT2D eigenvalue weighted by molar-refractivity contribution is 5.02. The molecule has 1 aliphatic rings. The number of rotatable bonds is 1. The van der Waals surface area contributed by atoms with Crippen LogP contribution < -0.4 is 0 Å². The number of aliphatic hydroxyl groups excluding tert-OH is 1. The Balaban J connectivity index is 2.47. The molecule has 2 nitrogen and oxygen atoms in total. The molecule has 0 aromatic carbocycles. The van der Waals surface area contributed by atoms with Gasteiger partial charge in [0.1, 0.15) is 6.10 Å². The van der Waals surface area contributed by atoms with Crippen molar-refractivity contribution >= 4 is 0 Å². The van der Waals surface area contributed by atoms with E-state index in [1.165, 1.54) is 0 Å². The topological polar surface area (TPSA) is 24.6 Å². The summed E-state index contributed by atoms with van der Waals surface area (Å²) in [6.07, 6.45) is 0.481. The first-order valence-corrected chi connectivity index (χ1v) is 3.71. The zero-order chi connectivity index (χ0) is 7.72. The maximum Gasteiger partial charge on any atom is 0.252 e. The van der Waals surface area contributed by atoms with Gasteiger partial charge in [0, 0.05) is 5.92 Å². The third-order valence-electron chi connectivity index (χ3n) is 2.35. The highest BCUT2D eigenvalue weighted by Gasteiger charge is 2.46. The van der Waals surface area contributed by atoms with Gasteiger partial charge in [0.2, 0.25) is 0 Å². The SMILES string of the molecule is [C-]#[N+]C1C(O)CC1C(C)C. The number of nitrogens with zero attached hydrogens (tertiary/aromatic N) is 1. The summed E-state index contributed by atoms with van der Waals surface area (Å²) in [6.45, 7) is 11.0. The van der Waals surface area contributed by atoms with E-state index in [2.05, 4.69) is 18.7 Å². The Morgan fingerprint density at radius 2 is 2.20 bits per heavy atom. The first-order valence-electron chi connectivity index (χ1n) is 3.71. The summed E-state index contributed by atoms with van der Waals surface area (Å²) < 4.78 is 0. The summed E-state index contributed by atoms with van der Waals surface area (Å²) in [7, 11) is 0. The molecule has 1 fully saturated rings. The van der Waals surface area contributed by atoms with Gasteiger partial charge in [-0.05, 0) is 12.3 Å². The Hall–Kier alpha value is -0.550. The maximum absolute atomic E-state index is 9.11. The quantitative estimate of drug-likeness (QED) is 0.544. The molecular formula is C8H13NO. The fourth-order valence-corrected chi connectivity index (χ4v) is 1.50. The van der Waals surface area contributed by atoms with Crippen LogP contribution >= 0.6 is 0 Å². The molecule has 56 valence electrons. The second kappa shape index (κ2) is 2.59. The van der Waals surface area contributed by atoms with E-state index in [4.69, 9.17) is 11.7 Å². The predicted molar refractivity (Wildman–Crippen MR) is 39.3 cm³/mol. The van der Waals surface area contributed by atoms with Gasteiger partial charge in [-0.1, -0.05) is 13.8 Å². The molecule has 0 amide bonds. The Morgan fingerprint density at radius 3 is 2.40 bits per heavy atom. The van der Waals surface area contributed by atoms with Crippen LogP contribution in [-0.4, -0.2) is 17.3 Å². The monoisotopic (exact) mass is 139 g/mol. The molecule has 10 heavy (non-hydrogen) atoms. The maximum atomic E-state index is 9.11. The fourth-order valence-electron chi connectivity index (χ4n) is 1.50. The lowest BCUT2D eigenvalue weighted by atomic mass is 9.71. The number of hydrogen-bond acceptors (Lipinski definition) is 1. The fraction of sp³-hybridized carbons (Fsp3) is 0.875. The van der Waals surface area contributed by atoms with Crippen LogP contribution in [0.1, 0.15) is 20.3 Å². The van der Waals surface area contributed by atoms with Crippen LogP contribution in [-0.2, 0) is 0 Å². The van der Waals surface area contributed by atoms with Crippen LogP contribution in [0, 0.1) is 18.4 Å². The lowest BCUT2D eigenvalue weighted by Gasteiger charge is -2.35. The van der Waals surface area contributed by atoms with Crippen molar-refractivity contribution in [3.8, 4) is 0 Å². The predicted octanol–water partition coefficient (Wildman–Crippen LogP) is 1.31. The lowest BCUT2D eigenvalue weighted by Crippen LogP contribution is -2.46. The number of aliphatic hydroxyl groups is 1. The molecule has 2 heteroatoms. The van der Waals surface area contributed by atoms with E-state index >= 15 is 0 Å². The molecule has 0 bridgehead atoms. The minimum Gasteiger partial charge on any atom is -0.385 e. The van der Waals surface area contributed by atoms with E-state index in [1.807, 2.05) is 0 Å². The van der Waals surface area contributed by atoms with E-state index in [0.717, 1.165) is 6.42 Å². The lowest BCUT2D eigenvalue weighted by molar-refractivity contribution is 0.0122. The first kappa shape index (κ1) is 7.56. The minimum absolute atomic E-state index is 0.111. The zero-order valence-electron chi connectivity index (χ0n) is 6.41. The van der Waals surface area contributed by atoms with Crippen LogP contribution in [0.3, 0.4) is 0 Å². The van der Waals surface area contributed by atoms with Gasteiger partial charge >= 0.3 is 0 Å². The van der Waals surface area contributed by atoms with E-state index < -0.39 is 0 Å². The molecule has 0 heterocycles. The standard InChI is InChI=1S/C8H13NO/c1-5(2)6-4-7(10)8(6)9-3/h5-8,10H,4H2,1-2H3. The van der Waals surface area contributed by atoms with Gasteiger partial charge < -0.3 is 9.95 Å². The van der Waals surface area contributed by atoms with Gasteiger partial charge in [-0.25, -0.2) is 6.57 Å². The smallest absolute Gasteiger partial charge is 0.252 e. The zero-order valence-corrected chi connectivity index (χ0v) is 6.41. The van der Waals surface area contributed by atoms with Crippen molar-refractivity contribution in [1.82, 2.24) is 0 Å². The molecule has 0 aromatic heterocycles. The van der Waals surface area contributed by atoms with E-state index in [0.29, 0.717) is 11.8 Å². The van der Waals surface area contributed by atoms with Gasteiger partial charge in [0.15, 0.2) is 0 Å². The molecule has 3 unspecified atom stereocenters. The molecule has 3 atom stereocenters. The van der Waals surface area contributed by atoms with Crippen molar-refractivity contribution in [3.63, 3.8) is 0 Å². The van der Waals surface area contributed by atoms with E-state index in [9.17, 15) is 0 Å². The molecule has 1 saturated carbocycles. The summed E-state index contributed by atoms with van der Waals surface area (Å²) in [4.78, 5) is 3.38. The van der Waals surface area contributed by atoms with Crippen LogP contribution in [0.4, 0.5) is 0 Å². The molecule has 0 spiro atoms. The Bertz CT molecular complexity index is 159. The van der Waals surface area contributed by atoms with Gasteiger partial charge in [-0.3, -0.25) is 0 Å². The first-order chi connectivity index (χ1) is 4.66. The second-order valence-electron chi connectivity index (χ2n) is 3.33. The third kappa shape index (κ3) is 1.02. The highest BCUT2D eigenvalue weighted by atomic mass is 16.3. The van der Waals surface area contributed by atoms with Crippen LogP contribution in [0.2, 0.25) is 0 Å². The number of hydrogen-bond donors (Lipinski definition) is 1. The Kier molecular flexibility index (Phi) is 1.96. The molecule has 1 aliphatic carbocycles.